The zero-order valence-corrected chi connectivity index (χ0v) is 16.2. The summed E-state index contributed by atoms with van der Waals surface area (Å²) in [4.78, 5) is 12.1. The Kier molecular flexibility index (Phi) is 6.38. The van der Waals surface area contributed by atoms with Crippen molar-refractivity contribution in [2.45, 2.75) is 18.3 Å². The molecule has 1 fully saturated rings. The summed E-state index contributed by atoms with van der Waals surface area (Å²) < 4.78 is 41.5. The number of hydrogen-bond acceptors (Lipinski definition) is 5. The fourth-order valence-corrected chi connectivity index (χ4v) is 6.14. The van der Waals surface area contributed by atoms with Crippen LogP contribution in [0.15, 0.2) is 48.5 Å². The molecule has 1 aliphatic rings. The van der Waals surface area contributed by atoms with E-state index in [1.807, 2.05) is 0 Å². The lowest BCUT2D eigenvalue weighted by atomic mass is 10.2. The Labute approximate surface area is 162 Å². The number of thioether (sulfide) groups is 1. The van der Waals surface area contributed by atoms with Gasteiger partial charge in [-0.15, -0.1) is 11.8 Å². The molecule has 1 atom stereocenters. The molecule has 1 unspecified atom stereocenters. The number of benzene rings is 2. The van der Waals surface area contributed by atoms with Crippen LogP contribution in [0.1, 0.15) is 12.0 Å². The molecular formula is C19H20FNO4S2. The first kappa shape index (κ1) is 19.7. The van der Waals surface area contributed by atoms with E-state index in [0.717, 1.165) is 5.56 Å². The molecule has 0 spiro atoms. The molecule has 3 rings (SSSR count). The van der Waals surface area contributed by atoms with Crippen molar-refractivity contribution in [1.82, 2.24) is 0 Å². The molecular weight excluding hydrogens is 389 g/mol. The molecule has 1 N–H and O–H groups in total. The monoisotopic (exact) mass is 409 g/mol. The number of rotatable bonds is 7. The zero-order chi connectivity index (χ0) is 19.3. The van der Waals surface area contributed by atoms with Crippen molar-refractivity contribution in [3.05, 3.63) is 59.9 Å². The smallest absolute Gasteiger partial charge is 0.234 e. The number of nitrogens with one attached hydrogen (secondary N) is 1. The second kappa shape index (κ2) is 8.75. The Hall–Kier alpha value is -2.06. The standard InChI is InChI=1S/C19H20FNO4S2/c20-15-6-4-14(5-7-15)11-25-17-3-1-2-16(10-17)21-19(22)12-26-18-8-9-27(23,24)13-18/h1-7,10,18H,8-9,11-13H2,(H,21,22). The average molecular weight is 410 g/mol. The molecule has 1 amide bonds. The van der Waals surface area contributed by atoms with E-state index >= 15 is 0 Å². The maximum absolute atomic E-state index is 12.9. The second-order valence-electron chi connectivity index (χ2n) is 6.33. The van der Waals surface area contributed by atoms with Gasteiger partial charge >= 0.3 is 0 Å². The fraction of sp³-hybridized carbons (Fsp3) is 0.316. The lowest BCUT2D eigenvalue weighted by molar-refractivity contribution is -0.113. The Morgan fingerprint density at radius 3 is 2.70 bits per heavy atom. The van der Waals surface area contributed by atoms with Crippen molar-refractivity contribution in [1.29, 1.82) is 0 Å². The van der Waals surface area contributed by atoms with Crippen LogP contribution in [0.25, 0.3) is 0 Å². The maximum atomic E-state index is 12.9. The normalized spacial score (nSPS) is 18.2. The van der Waals surface area contributed by atoms with Crippen molar-refractivity contribution in [3.63, 3.8) is 0 Å². The molecule has 2 aromatic carbocycles. The Bertz CT molecular complexity index is 900. The number of halogens is 1. The van der Waals surface area contributed by atoms with Gasteiger partial charge in [-0.2, -0.15) is 0 Å². The third-order valence-corrected chi connectivity index (χ3v) is 7.36. The highest BCUT2D eigenvalue weighted by Crippen LogP contribution is 2.25. The largest absolute Gasteiger partial charge is 0.489 e. The molecule has 1 heterocycles. The van der Waals surface area contributed by atoms with Crippen LogP contribution in [0.3, 0.4) is 0 Å². The van der Waals surface area contributed by atoms with E-state index in [-0.39, 0.29) is 34.2 Å². The molecule has 0 aliphatic carbocycles. The molecule has 5 nitrogen and oxygen atoms in total. The van der Waals surface area contributed by atoms with E-state index in [9.17, 15) is 17.6 Å². The van der Waals surface area contributed by atoms with Crippen molar-refractivity contribution < 1.29 is 22.3 Å². The molecule has 0 aromatic heterocycles. The van der Waals surface area contributed by atoms with E-state index < -0.39 is 9.84 Å². The van der Waals surface area contributed by atoms with Crippen LogP contribution >= 0.6 is 11.8 Å². The molecule has 0 bridgehead atoms. The van der Waals surface area contributed by atoms with Gasteiger partial charge in [0.15, 0.2) is 9.84 Å². The van der Waals surface area contributed by atoms with Gasteiger partial charge in [-0.25, -0.2) is 12.8 Å². The fourth-order valence-electron chi connectivity index (χ4n) is 2.69. The highest BCUT2D eigenvalue weighted by Gasteiger charge is 2.28. The Morgan fingerprint density at radius 1 is 1.22 bits per heavy atom. The molecule has 1 aliphatic heterocycles. The van der Waals surface area contributed by atoms with Gasteiger partial charge in [0.1, 0.15) is 18.2 Å². The summed E-state index contributed by atoms with van der Waals surface area (Å²) in [5, 5.41) is 2.79. The SMILES string of the molecule is O=C(CSC1CCS(=O)(=O)C1)Nc1cccc(OCc2ccc(F)cc2)c1. The first-order valence-electron chi connectivity index (χ1n) is 8.49. The van der Waals surface area contributed by atoms with Crippen LogP contribution in [0, 0.1) is 5.82 Å². The molecule has 8 heteroatoms. The number of carbonyl (C=O) groups is 1. The highest BCUT2D eigenvalue weighted by molar-refractivity contribution is 8.02. The summed E-state index contributed by atoms with van der Waals surface area (Å²) in [6.07, 6.45) is 0.604. The quantitative estimate of drug-likeness (QED) is 0.760. The number of ether oxygens (including phenoxy) is 1. The van der Waals surface area contributed by atoms with Crippen molar-refractivity contribution >= 4 is 33.2 Å². The lowest BCUT2D eigenvalue weighted by Crippen LogP contribution is -2.17. The van der Waals surface area contributed by atoms with Gasteiger partial charge in [-0.1, -0.05) is 18.2 Å². The van der Waals surface area contributed by atoms with Gasteiger partial charge in [0, 0.05) is 17.0 Å². The van der Waals surface area contributed by atoms with Gasteiger partial charge in [-0.3, -0.25) is 4.79 Å². The van der Waals surface area contributed by atoms with Crippen LogP contribution in [0.4, 0.5) is 10.1 Å². The van der Waals surface area contributed by atoms with E-state index in [0.29, 0.717) is 24.5 Å². The van der Waals surface area contributed by atoms with Gasteiger partial charge in [0.05, 0.1) is 17.3 Å². The van der Waals surface area contributed by atoms with Crippen molar-refractivity contribution in [3.8, 4) is 5.75 Å². The van der Waals surface area contributed by atoms with Gasteiger partial charge < -0.3 is 10.1 Å². The van der Waals surface area contributed by atoms with Crippen molar-refractivity contribution in [2.24, 2.45) is 0 Å². The van der Waals surface area contributed by atoms with Crippen LogP contribution in [-0.4, -0.2) is 36.8 Å². The summed E-state index contributed by atoms with van der Waals surface area (Å²) in [6.45, 7) is 0.295. The second-order valence-corrected chi connectivity index (χ2v) is 9.84. The summed E-state index contributed by atoms with van der Waals surface area (Å²) >= 11 is 1.37. The first-order valence-corrected chi connectivity index (χ1v) is 11.4. The Morgan fingerprint density at radius 2 is 2.00 bits per heavy atom. The molecule has 27 heavy (non-hydrogen) atoms. The van der Waals surface area contributed by atoms with Gasteiger partial charge in [-0.05, 0) is 36.2 Å². The van der Waals surface area contributed by atoms with Crippen LogP contribution in [-0.2, 0) is 21.2 Å². The zero-order valence-electron chi connectivity index (χ0n) is 14.6. The predicted octanol–water partition coefficient (Wildman–Crippen LogP) is 3.26. The van der Waals surface area contributed by atoms with Crippen LogP contribution in [0.5, 0.6) is 5.75 Å². The number of carbonyl (C=O) groups excluding carboxylic acids is 1. The topological polar surface area (TPSA) is 72.5 Å². The van der Waals surface area contributed by atoms with Crippen LogP contribution in [0.2, 0.25) is 0 Å². The maximum Gasteiger partial charge on any atom is 0.234 e. The van der Waals surface area contributed by atoms with E-state index in [2.05, 4.69) is 5.32 Å². The average Bonchev–Trinajstić information content (AvgIpc) is 2.99. The Balaban J connectivity index is 1.48. The van der Waals surface area contributed by atoms with Crippen LogP contribution < -0.4 is 10.1 Å². The third-order valence-electron chi connectivity index (χ3n) is 4.08. The summed E-state index contributed by atoms with van der Waals surface area (Å²) in [6, 6.07) is 13.1. The predicted molar refractivity (Wildman–Crippen MR) is 105 cm³/mol. The minimum atomic E-state index is -2.93. The number of hydrogen-bond donors (Lipinski definition) is 1. The molecule has 1 saturated heterocycles. The molecule has 144 valence electrons. The summed E-state index contributed by atoms with van der Waals surface area (Å²) in [7, 11) is -2.93. The minimum absolute atomic E-state index is 0.00822. The van der Waals surface area contributed by atoms with E-state index in [1.54, 1.807) is 36.4 Å². The summed E-state index contributed by atoms with van der Waals surface area (Å²) in [5.74, 6) is 0.682. The number of amides is 1. The summed E-state index contributed by atoms with van der Waals surface area (Å²) in [5.41, 5.74) is 1.45. The van der Waals surface area contributed by atoms with Gasteiger partial charge in [0.2, 0.25) is 5.91 Å². The third kappa shape index (κ3) is 6.25. The molecule has 0 saturated carbocycles. The minimum Gasteiger partial charge on any atom is -0.489 e. The number of sulfone groups is 1. The van der Waals surface area contributed by atoms with Gasteiger partial charge in [0.25, 0.3) is 0 Å². The van der Waals surface area contributed by atoms with E-state index in [4.69, 9.17) is 4.74 Å². The molecule has 0 radical (unpaired) electrons. The van der Waals surface area contributed by atoms with Crippen molar-refractivity contribution in [2.75, 3.05) is 22.6 Å². The lowest BCUT2D eigenvalue weighted by Gasteiger charge is -2.10. The highest BCUT2D eigenvalue weighted by atomic mass is 32.2. The number of anilines is 1. The first-order chi connectivity index (χ1) is 12.9. The van der Waals surface area contributed by atoms with E-state index in [1.165, 1.54) is 23.9 Å². The molecule has 2 aromatic rings.